The Morgan fingerprint density at radius 1 is 1.26 bits per heavy atom. The number of amides is 1. The van der Waals surface area contributed by atoms with Crippen molar-refractivity contribution in [2.45, 2.75) is 25.8 Å². The average Bonchev–Trinajstić information content (AvgIpc) is 2.98. The molecule has 1 aliphatic rings. The number of thiophene rings is 1. The molecule has 0 bridgehead atoms. The number of hydrogen-bond donors (Lipinski definition) is 0. The van der Waals surface area contributed by atoms with Crippen molar-refractivity contribution in [1.82, 2.24) is 0 Å². The van der Waals surface area contributed by atoms with E-state index in [4.69, 9.17) is 0 Å². The molecule has 0 spiro atoms. The molecule has 0 unspecified atom stereocenters. The molecule has 0 aliphatic carbocycles. The quantitative estimate of drug-likeness (QED) is 0.615. The van der Waals surface area contributed by atoms with Crippen LogP contribution >= 0.6 is 11.3 Å². The van der Waals surface area contributed by atoms with Crippen LogP contribution in [-0.4, -0.2) is 11.9 Å². The summed E-state index contributed by atoms with van der Waals surface area (Å²) < 4.78 is 14.6. The first-order valence-electron chi connectivity index (χ1n) is 7.73. The molecule has 4 heteroatoms. The van der Waals surface area contributed by atoms with Gasteiger partial charge in [0.2, 0.25) is 0 Å². The van der Waals surface area contributed by atoms with Crippen molar-refractivity contribution < 1.29 is 9.18 Å². The number of halogens is 1. The van der Waals surface area contributed by atoms with Gasteiger partial charge in [-0.2, -0.15) is 0 Å². The molecule has 1 atom stereocenters. The summed E-state index contributed by atoms with van der Waals surface area (Å²) in [5.41, 5.74) is 2.48. The van der Waals surface area contributed by atoms with E-state index in [0.29, 0.717) is 0 Å². The fourth-order valence-corrected chi connectivity index (χ4v) is 4.24. The van der Waals surface area contributed by atoms with Gasteiger partial charge in [-0.15, -0.1) is 11.3 Å². The zero-order valence-electron chi connectivity index (χ0n) is 12.8. The molecule has 1 aromatic heterocycles. The van der Waals surface area contributed by atoms with Crippen LogP contribution in [-0.2, 0) is 6.42 Å². The highest BCUT2D eigenvalue weighted by atomic mass is 32.1. The molecule has 2 heterocycles. The predicted octanol–water partition coefficient (Wildman–Crippen LogP) is 5.02. The highest BCUT2D eigenvalue weighted by Gasteiger charge is 2.30. The first kappa shape index (κ1) is 14.4. The van der Waals surface area contributed by atoms with Gasteiger partial charge in [0, 0.05) is 27.2 Å². The van der Waals surface area contributed by atoms with E-state index in [1.807, 2.05) is 34.5 Å². The minimum absolute atomic E-state index is 0.00232. The third-order valence-electron chi connectivity index (χ3n) is 4.50. The summed E-state index contributed by atoms with van der Waals surface area (Å²) in [6.07, 6.45) is 1.66. The maximum atomic E-state index is 13.5. The normalized spacial score (nSPS) is 17.3. The Kier molecular flexibility index (Phi) is 3.42. The van der Waals surface area contributed by atoms with E-state index in [2.05, 4.69) is 6.92 Å². The first-order valence-corrected chi connectivity index (χ1v) is 8.61. The molecule has 2 aromatic carbocycles. The minimum atomic E-state index is -0.244. The fraction of sp³-hybridized carbons (Fsp3) is 0.211. The third kappa shape index (κ3) is 2.34. The van der Waals surface area contributed by atoms with E-state index >= 15 is 0 Å². The summed E-state index contributed by atoms with van der Waals surface area (Å²) in [4.78, 5) is 15.0. The van der Waals surface area contributed by atoms with Crippen LogP contribution in [0.4, 0.5) is 10.1 Å². The van der Waals surface area contributed by atoms with Crippen molar-refractivity contribution in [3.8, 4) is 0 Å². The van der Waals surface area contributed by atoms with Gasteiger partial charge < -0.3 is 4.90 Å². The van der Waals surface area contributed by atoms with Crippen molar-refractivity contribution in [3.63, 3.8) is 0 Å². The van der Waals surface area contributed by atoms with Gasteiger partial charge in [0.1, 0.15) is 5.82 Å². The van der Waals surface area contributed by atoms with Crippen molar-refractivity contribution in [3.05, 3.63) is 64.8 Å². The van der Waals surface area contributed by atoms with E-state index in [-0.39, 0.29) is 17.8 Å². The molecule has 116 valence electrons. The summed E-state index contributed by atoms with van der Waals surface area (Å²) in [6, 6.07) is 12.8. The van der Waals surface area contributed by atoms with Gasteiger partial charge in [-0.25, -0.2) is 4.39 Å². The first-order chi connectivity index (χ1) is 11.1. The van der Waals surface area contributed by atoms with Crippen molar-refractivity contribution in [1.29, 1.82) is 0 Å². The van der Waals surface area contributed by atoms with Crippen LogP contribution in [0.25, 0.3) is 10.1 Å². The Labute approximate surface area is 138 Å². The number of fused-ring (bicyclic) bond motifs is 2. The summed E-state index contributed by atoms with van der Waals surface area (Å²) in [5.74, 6) is -0.241. The zero-order chi connectivity index (χ0) is 16.0. The van der Waals surface area contributed by atoms with E-state index in [1.165, 1.54) is 6.07 Å². The molecule has 4 rings (SSSR count). The highest BCUT2D eigenvalue weighted by Crippen LogP contribution is 2.35. The summed E-state index contributed by atoms with van der Waals surface area (Å²) in [6.45, 7) is 2.05. The molecule has 0 saturated heterocycles. The molecule has 1 amide bonds. The number of carbonyl (C=O) groups excluding carboxylic acids is 1. The summed E-state index contributed by atoms with van der Waals surface area (Å²) >= 11 is 1.58. The van der Waals surface area contributed by atoms with Crippen LogP contribution in [0.15, 0.2) is 47.8 Å². The second-order valence-electron chi connectivity index (χ2n) is 5.98. The Morgan fingerprint density at radius 2 is 2.09 bits per heavy atom. The SMILES string of the molecule is C[C@H]1CCc2cc(F)ccc2N1C(=O)c1csc2ccccc12. The number of rotatable bonds is 1. The largest absolute Gasteiger partial charge is 0.305 e. The number of nitrogens with zero attached hydrogens (tertiary/aromatic N) is 1. The molecule has 3 aromatic rings. The van der Waals surface area contributed by atoms with Gasteiger partial charge in [-0.1, -0.05) is 18.2 Å². The van der Waals surface area contributed by atoms with Gasteiger partial charge in [0.05, 0.1) is 5.56 Å². The fourth-order valence-electron chi connectivity index (χ4n) is 3.30. The number of benzene rings is 2. The molecular weight excluding hydrogens is 309 g/mol. The zero-order valence-corrected chi connectivity index (χ0v) is 13.6. The Hall–Kier alpha value is -2.20. The second kappa shape index (κ2) is 5.46. The number of carbonyl (C=O) groups is 1. The lowest BCUT2D eigenvalue weighted by molar-refractivity contribution is 0.0977. The molecule has 1 aliphatic heterocycles. The molecular formula is C19H16FNOS. The van der Waals surface area contributed by atoms with E-state index in [0.717, 1.165) is 39.7 Å². The monoisotopic (exact) mass is 325 g/mol. The maximum absolute atomic E-state index is 13.5. The standard InChI is InChI=1S/C19H16FNOS/c1-12-6-7-13-10-14(20)8-9-17(13)21(12)19(22)16-11-23-18-5-3-2-4-15(16)18/h2-5,8-12H,6-7H2,1H3/t12-/m0/s1. The van der Waals surface area contributed by atoms with Crippen LogP contribution in [0.1, 0.15) is 29.3 Å². The Bertz CT molecular complexity index is 901. The van der Waals surface area contributed by atoms with E-state index in [1.54, 1.807) is 23.5 Å². The van der Waals surface area contributed by atoms with E-state index in [9.17, 15) is 9.18 Å². The molecule has 0 fully saturated rings. The topological polar surface area (TPSA) is 20.3 Å². The van der Waals surface area contributed by atoms with Crippen molar-refractivity contribution in [2.75, 3.05) is 4.90 Å². The molecule has 2 nitrogen and oxygen atoms in total. The highest BCUT2D eigenvalue weighted by molar-refractivity contribution is 7.17. The lowest BCUT2D eigenvalue weighted by Gasteiger charge is -2.35. The van der Waals surface area contributed by atoms with Gasteiger partial charge >= 0.3 is 0 Å². The van der Waals surface area contributed by atoms with Crippen LogP contribution in [0.5, 0.6) is 0 Å². The number of hydrogen-bond acceptors (Lipinski definition) is 2. The molecule has 0 saturated carbocycles. The average molecular weight is 325 g/mol. The molecule has 23 heavy (non-hydrogen) atoms. The smallest absolute Gasteiger partial charge is 0.260 e. The van der Waals surface area contributed by atoms with Crippen LogP contribution < -0.4 is 4.90 Å². The van der Waals surface area contributed by atoms with Gasteiger partial charge in [0.25, 0.3) is 5.91 Å². The lowest BCUT2D eigenvalue weighted by Crippen LogP contribution is -2.42. The minimum Gasteiger partial charge on any atom is -0.305 e. The van der Waals surface area contributed by atoms with Crippen molar-refractivity contribution in [2.24, 2.45) is 0 Å². The Morgan fingerprint density at radius 3 is 2.96 bits per heavy atom. The van der Waals surface area contributed by atoms with Crippen LogP contribution in [0.3, 0.4) is 0 Å². The van der Waals surface area contributed by atoms with Crippen molar-refractivity contribution >= 4 is 33.0 Å². The van der Waals surface area contributed by atoms with E-state index < -0.39 is 0 Å². The number of aryl methyl sites for hydroxylation is 1. The second-order valence-corrected chi connectivity index (χ2v) is 6.89. The van der Waals surface area contributed by atoms with Gasteiger partial charge in [0.15, 0.2) is 0 Å². The number of anilines is 1. The molecule has 0 N–H and O–H groups in total. The predicted molar refractivity (Wildman–Crippen MR) is 92.8 cm³/mol. The molecule has 0 radical (unpaired) electrons. The summed E-state index contributed by atoms with van der Waals surface area (Å²) in [5, 5.41) is 2.92. The van der Waals surface area contributed by atoms with Gasteiger partial charge in [-0.05, 0) is 49.6 Å². The maximum Gasteiger partial charge on any atom is 0.260 e. The van der Waals surface area contributed by atoms with Crippen LogP contribution in [0, 0.1) is 5.82 Å². The van der Waals surface area contributed by atoms with Gasteiger partial charge in [-0.3, -0.25) is 4.79 Å². The summed E-state index contributed by atoms with van der Waals surface area (Å²) in [7, 11) is 0. The lowest BCUT2D eigenvalue weighted by atomic mass is 9.95. The Balaban J connectivity index is 1.82. The van der Waals surface area contributed by atoms with Crippen LogP contribution in [0.2, 0.25) is 0 Å². The third-order valence-corrected chi connectivity index (χ3v) is 5.47.